The average molecular weight is 405 g/mol. The van der Waals surface area contributed by atoms with Crippen LogP contribution in [-0.4, -0.2) is 24.7 Å². The molecule has 20 heavy (non-hydrogen) atoms. The molecule has 1 fully saturated rings. The molecule has 1 aliphatic heterocycles. The summed E-state index contributed by atoms with van der Waals surface area (Å²) in [5.74, 6) is -0.0994. The normalized spacial score (nSPS) is 22.9. The first kappa shape index (κ1) is 16.0. The van der Waals surface area contributed by atoms with Gasteiger partial charge >= 0.3 is 5.97 Å². The van der Waals surface area contributed by atoms with Crippen molar-refractivity contribution in [3.8, 4) is 0 Å². The van der Waals surface area contributed by atoms with Crippen LogP contribution in [0.4, 0.5) is 0 Å². The summed E-state index contributed by atoms with van der Waals surface area (Å²) >= 11 is 7.00. The molecule has 0 bridgehead atoms. The predicted molar refractivity (Wildman–Crippen MR) is 86.8 cm³/mol. The van der Waals surface area contributed by atoms with Crippen molar-refractivity contribution in [1.82, 2.24) is 5.32 Å². The first-order valence-electron chi connectivity index (χ1n) is 6.66. The van der Waals surface area contributed by atoms with Gasteiger partial charge in [0.25, 0.3) is 0 Å². The molecule has 0 spiro atoms. The van der Waals surface area contributed by atoms with Gasteiger partial charge in [-0.25, -0.2) is 0 Å². The fraction of sp³-hybridized carbons (Fsp3) is 0.533. The minimum absolute atomic E-state index is 0.122. The van der Waals surface area contributed by atoms with E-state index in [0.29, 0.717) is 6.54 Å². The Bertz CT molecular complexity index is 491. The number of benzene rings is 1. The lowest BCUT2D eigenvalue weighted by molar-refractivity contribution is -0.159. The highest BCUT2D eigenvalue weighted by Gasteiger charge is 2.36. The second-order valence-electron chi connectivity index (χ2n) is 6.11. The summed E-state index contributed by atoms with van der Waals surface area (Å²) in [7, 11) is 0. The van der Waals surface area contributed by atoms with Gasteiger partial charge < -0.3 is 10.1 Å². The van der Waals surface area contributed by atoms with E-state index in [1.165, 1.54) is 0 Å². The fourth-order valence-electron chi connectivity index (χ4n) is 2.44. The monoisotopic (exact) mass is 403 g/mol. The first-order chi connectivity index (χ1) is 9.26. The molecule has 3 nitrogen and oxygen atoms in total. The number of hydrogen-bond acceptors (Lipinski definition) is 3. The van der Waals surface area contributed by atoms with Gasteiger partial charge in [-0.3, -0.25) is 4.79 Å². The molecular weight excluding hydrogens is 386 g/mol. The van der Waals surface area contributed by atoms with Gasteiger partial charge in [0.1, 0.15) is 5.60 Å². The maximum Gasteiger partial charge on any atom is 0.311 e. The predicted octanol–water partition coefficient (Wildman–Crippen LogP) is 3.86. The van der Waals surface area contributed by atoms with Crippen LogP contribution in [0.5, 0.6) is 0 Å². The van der Waals surface area contributed by atoms with Crippen LogP contribution < -0.4 is 5.32 Å². The van der Waals surface area contributed by atoms with E-state index in [4.69, 9.17) is 4.74 Å². The molecule has 110 valence electrons. The van der Waals surface area contributed by atoms with Gasteiger partial charge in [-0.15, -0.1) is 0 Å². The molecule has 1 heterocycles. The minimum atomic E-state index is -0.442. The standard InChI is InChI=1S/C15H19Br2NO2/c1-15(2,3)20-14(19)13-8-18-7-12(13)9-4-10(16)6-11(17)5-9/h4-6,12-13,18H,7-8H2,1-3H3/t12-,13+/m0/s1. The summed E-state index contributed by atoms with van der Waals surface area (Å²) in [5.41, 5.74) is 0.703. The molecule has 0 saturated carbocycles. The number of carbonyl (C=O) groups excluding carboxylic acids is 1. The number of rotatable bonds is 2. The Morgan fingerprint density at radius 1 is 1.20 bits per heavy atom. The van der Waals surface area contributed by atoms with Crippen LogP contribution in [0.2, 0.25) is 0 Å². The summed E-state index contributed by atoms with van der Waals surface area (Å²) in [6.45, 7) is 7.17. The van der Waals surface area contributed by atoms with Crippen LogP contribution in [0.25, 0.3) is 0 Å². The molecule has 1 aromatic rings. The molecule has 1 aromatic carbocycles. The smallest absolute Gasteiger partial charge is 0.311 e. The maximum atomic E-state index is 12.3. The van der Waals surface area contributed by atoms with Gasteiger partial charge in [0, 0.05) is 28.0 Å². The van der Waals surface area contributed by atoms with Crippen molar-refractivity contribution in [2.75, 3.05) is 13.1 Å². The molecule has 2 atom stereocenters. The number of nitrogens with one attached hydrogen (secondary N) is 1. The van der Waals surface area contributed by atoms with E-state index in [9.17, 15) is 4.79 Å². The van der Waals surface area contributed by atoms with Gasteiger partial charge in [0.15, 0.2) is 0 Å². The van der Waals surface area contributed by atoms with E-state index in [1.807, 2.05) is 26.8 Å². The third kappa shape index (κ3) is 4.06. The van der Waals surface area contributed by atoms with Gasteiger partial charge in [-0.1, -0.05) is 31.9 Å². The third-order valence-corrected chi connectivity index (χ3v) is 4.15. The van der Waals surface area contributed by atoms with Crippen LogP contribution in [0, 0.1) is 5.92 Å². The number of esters is 1. The highest BCUT2D eigenvalue weighted by Crippen LogP contribution is 2.33. The van der Waals surface area contributed by atoms with E-state index in [-0.39, 0.29) is 17.8 Å². The molecule has 0 aromatic heterocycles. The largest absolute Gasteiger partial charge is 0.460 e. The Kier molecular flexibility index (Phi) is 4.92. The van der Waals surface area contributed by atoms with Gasteiger partial charge in [-0.2, -0.15) is 0 Å². The van der Waals surface area contributed by atoms with Crippen LogP contribution in [0.3, 0.4) is 0 Å². The Morgan fingerprint density at radius 2 is 1.80 bits per heavy atom. The van der Waals surface area contributed by atoms with Crippen molar-refractivity contribution in [3.63, 3.8) is 0 Å². The zero-order valence-electron chi connectivity index (χ0n) is 11.9. The van der Waals surface area contributed by atoms with E-state index in [0.717, 1.165) is 21.1 Å². The molecule has 2 rings (SSSR count). The Hall–Kier alpha value is -0.390. The summed E-state index contributed by atoms with van der Waals surface area (Å²) in [5, 5.41) is 3.30. The second kappa shape index (κ2) is 6.16. The summed E-state index contributed by atoms with van der Waals surface area (Å²) in [6, 6.07) is 6.13. The number of carbonyl (C=O) groups is 1. The maximum absolute atomic E-state index is 12.3. The Labute approximate surface area is 136 Å². The van der Waals surface area contributed by atoms with Crippen LogP contribution >= 0.6 is 31.9 Å². The van der Waals surface area contributed by atoms with Crippen LogP contribution in [0.15, 0.2) is 27.1 Å². The zero-order valence-corrected chi connectivity index (χ0v) is 15.0. The molecule has 1 N–H and O–H groups in total. The number of halogens is 2. The van der Waals surface area contributed by atoms with Crippen molar-refractivity contribution >= 4 is 37.8 Å². The lowest BCUT2D eigenvalue weighted by atomic mass is 9.89. The lowest BCUT2D eigenvalue weighted by Gasteiger charge is -2.24. The van der Waals surface area contributed by atoms with Crippen molar-refractivity contribution in [1.29, 1.82) is 0 Å². The molecule has 1 saturated heterocycles. The topological polar surface area (TPSA) is 38.3 Å². The number of ether oxygens (including phenoxy) is 1. The van der Waals surface area contributed by atoms with E-state index < -0.39 is 5.60 Å². The van der Waals surface area contributed by atoms with Gasteiger partial charge in [0.2, 0.25) is 0 Å². The molecular formula is C15H19Br2NO2. The van der Waals surface area contributed by atoms with Crippen molar-refractivity contribution in [2.24, 2.45) is 5.92 Å². The summed E-state index contributed by atoms with van der Waals surface area (Å²) in [4.78, 5) is 12.3. The van der Waals surface area contributed by atoms with Crippen molar-refractivity contribution in [2.45, 2.75) is 32.3 Å². The van der Waals surface area contributed by atoms with Crippen molar-refractivity contribution < 1.29 is 9.53 Å². The first-order valence-corrected chi connectivity index (χ1v) is 8.24. The quantitative estimate of drug-likeness (QED) is 0.760. The summed E-state index contributed by atoms with van der Waals surface area (Å²) in [6.07, 6.45) is 0. The third-order valence-electron chi connectivity index (χ3n) is 3.24. The highest BCUT2D eigenvalue weighted by molar-refractivity contribution is 9.11. The SMILES string of the molecule is CC(C)(C)OC(=O)[C@@H]1CNC[C@H]1c1cc(Br)cc(Br)c1. The zero-order chi connectivity index (χ0) is 14.9. The van der Waals surface area contributed by atoms with Crippen molar-refractivity contribution in [3.05, 3.63) is 32.7 Å². The Morgan fingerprint density at radius 3 is 2.35 bits per heavy atom. The molecule has 0 aliphatic carbocycles. The fourth-order valence-corrected chi connectivity index (χ4v) is 3.77. The molecule has 0 radical (unpaired) electrons. The van der Waals surface area contributed by atoms with E-state index >= 15 is 0 Å². The average Bonchev–Trinajstić information content (AvgIpc) is 2.73. The number of hydrogen-bond donors (Lipinski definition) is 1. The van der Waals surface area contributed by atoms with Gasteiger partial charge in [0.05, 0.1) is 5.92 Å². The minimum Gasteiger partial charge on any atom is -0.460 e. The van der Waals surface area contributed by atoms with E-state index in [1.54, 1.807) is 0 Å². The lowest BCUT2D eigenvalue weighted by Crippen LogP contribution is -2.31. The Balaban J connectivity index is 2.20. The molecule has 0 unspecified atom stereocenters. The second-order valence-corrected chi connectivity index (χ2v) is 7.94. The van der Waals surface area contributed by atoms with E-state index in [2.05, 4.69) is 49.3 Å². The molecule has 5 heteroatoms. The van der Waals surface area contributed by atoms with Gasteiger partial charge in [-0.05, 0) is 44.5 Å². The molecule has 1 aliphatic rings. The summed E-state index contributed by atoms with van der Waals surface area (Å²) < 4.78 is 7.55. The molecule has 0 amide bonds. The van der Waals surface area contributed by atoms with Crippen LogP contribution in [-0.2, 0) is 9.53 Å². The van der Waals surface area contributed by atoms with Crippen LogP contribution in [0.1, 0.15) is 32.3 Å². The highest BCUT2D eigenvalue weighted by atomic mass is 79.9.